The van der Waals surface area contributed by atoms with Crippen LogP contribution < -0.4 is 0 Å². The van der Waals surface area contributed by atoms with Gasteiger partial charge in [-0.25, -0.2) is 4.79 Å². The fraction of sp³-hybridized carbons (Fsp3) is 0. The third-order valence-electron chi connectivity index (χ3n) is 0. The molecule has 36 valence electrons. The molecule has 0 amide bonds. The van der Waals surface area contributed by atoms with Crippen molar-refractivity contribution in [2.24, 2.45) is 0 Å². The molecular weight excluding hydrogens is 169 g/mol. The molecule has 0 aromatic heterocycles. The van der Waals surface area contributed by atoms with Crippen LogP contribution in [0.1, 0.15) is 0 Å². The summed E-state index contributed by atoms with van der Waals surface area (Å²) in [5.74, 6) is 0. The maximum absolute atomic E-state index is 8.56. The van der Waals surface area contributed by atoms with Crippen molar-refractivity contribution in [3.8, 4) is 0 Å². The Morgan fingerprint density at radius 2 is 1.14 bits per heavy atom. The molecule has 0 heterocycles. The number of hydrogen-bond donors (Lipinski definition) is 2. The van der Waals surface area contributed by atoms with Crippen LogP contribution in [0.2, 0.25) is 0 Å². The normalized spacial score (nSPS) is 3.43. The van der Waals surface area contributed by atoms with Crippen LogP contribution in [0.4, 0.5) is 4.79 Å². The Balaban J connectivity index is -0.0000000150. The molecule has 0 saturated heterocycles. The van der Waals surface area contributed by atoms with Crippen LogP contribution in [0.5, 0.6) is 0 Å². The Hall–Kier alpha value is 2.97. The zero-order valence-electron chi connectivity index (χ0n) is 2.51. The van der Waals surface area contributed by atoms with Gasteiger partial charge in [-0.15, -0.1) is 0 Å². The fourth-order valence-electron chi connectivity index (χ4n) is 0. The van der Waals surface area contributed by atoms with Crippen LogP contribution in [0.15, 0.2) is 0 Å². The molecule has 0 bridgehead atoms. The zero-order chi connectivity index (χ0) is 3.58. The molecule has 7 heavy (non-hydrogen) atoms. The van der Waals surface area contributed by atoms with Gasteiger partial charge in [-0.2, -0.15) is 9.90 Å². The molecule has 3 nitrogen and oxygen atoms in total. The summed E-state index contributed by atoms with van der Waals surface area (Å²) in [7, 11) is 0. The van der Waals surface area contributed by atoms with Gasteiger partial charge in [0.1, 0.15) is 0 Å². The van der Waals surface area contributed by atoms with Gasteiger partial charge in [-0.05, 0) is 0 Å². The summed E-state index contributed by atoms with van der Waals surface area (Å²) in [6.45, 7) is 0. The second kappa shape index (κ2) is 16.0. The SMILES string of the molecule is O=C(O)O.P.[KH].[KH]. The second-order valence-corrected chi connectivity index (χ2v) is 0.283. The molecule has 0 aromatic carbocycles. The molecule has 0 aliphatic rings. The first-order chi connectivity index (χ1) is 1.73. The molecule has 0 aromatic rings. The number of rotatable bonds is 0. The van der Waals surface area contributed by atoms with Crippen molar-refractivity contribution in [3.63, 3.8) is 0 Å². The molecular formula is CH7K2O3P. The summed E-state index contributed by atoms with van der Waals surface area (Å²) in [4.78, 5) is 8.56. The van der Waals surface area contributed by atoms with Crippen molar-refractivity contribution in [1.82, 2.24) is 0 Å². The average molecular weight is 176 g/mol. The molecule has 0 saturated carbocycles. The number of hydrogen-bond acceptors (Lipinski definition) is 1. The van der Waals surface area contributed by atoms with E-state index in [9.17, 15) is 0 Å². The van der Waals surface area contributed by atoms with Crippen LogP contribution >= 0.6 is 9.90 Å². The van der Waals surface area contributed by atoms with E-state index < -0.39 is 6.16 Å². The topological polar surface area (TPSA) is 57.5 Å². The molecule has 1 unspecified atom stereocenters. The van der Waals surface area contributed by atoms with Crippen LogP contribution in [0.3, 0.4) is 0 Å². The Bertz CT molecular complexity index is 35.9. The van der Waals surface area contributed by atoms with Crippen LogP contribution in [-0.4, -0.2) is 119 Å². The van der Waals surface area contributed by atoms with E-state index in [4.69, 9.17) is 15.0 Å². The van der Waals surface area contributed by atoms with Gasteiger partial charge in [0, 0.05) is 0 Å². The third-order valence-corrected chi connectivity index (χ3v) is 0. The van der Waals surface area contributed by atoms with Crippen molar-refractivity contribution >= 4 is 119 Å². The minimum atomic E-state index is -1.83. The Labute approximate surface area is 130 Å². The van der Waals surface area contributed by atoms with Crippen molar-refractivity contribution in [2.45, 2.75) is 0 Å². The fourth-order valence-corrected chi connectivity index (χ4v) is 0. The van der Waals surface area contributed by atoms with E-state index in [0.29, 0.717) is 0 Å². The molecule has 0 aliphatic heterocycles. The Morgan fingerprint density at radius 1 is 1.14 bits per heavy atom. The number of carboxylic acid groups (broad SMARTS) is 2. The summed E-state index contributed by atoms with van der Waals surface area (Å²) in [6, 6.07) is 0. The van der Waals surface area contributed by atoms with E-state index in [0.717, 1.165) is 0 Å². The van der Waals surface area contributed by atoms with Gasteiger partial charge in [0.25, 0.3) is 0 Å². The summed E-state index contributed by atoms with van der Waals surface area (Å²) in [6.07, 6.45) is -1.83. The Kier molecular flexibility index (Phi) is 51.4. The first kappa shape index (κ1) is 22.5. The molecule has 6 heteroatoms. The Morgan fingerprint density at radius 3 is 1.14 bits per heavy atom. The first-order valence-corrected chi connectivity index (χ1v) is 0.651. The van der Waals surface area contributed by atoms with Gasteiger partial charge >= 0.3 is 109 Å². The monoisotopic (exact) mass is 176 g/mol. The van der Waals surface area contributed by atoms with Crippen molar-refractivity contribution in [1.29, 1.82) is 0 Å². The van der Waals surface area contributed by atoms with Gasteiger partial charge < -0.3 is 10.2 Å². The van der Waals surface area contributed by atoms with E-state index in [1.165, 1.54) is 0 Å². The van der Waals surface area contributed by atoms with Crippen molar-refractivity contribution < 1.29 is 15.0 Å². The van der Waals surface area contributed by atoms with Gasteiger partial charge in [0.2, 0.25) is 0 Å². The summed E-state index contributed by atoms with van der Waals surface area (Å²) >= 11 is 0. The molecule has 0 rings (SSSR count). The van der Waals surface area contributed by atoms with Crippen molar-refractivity contribution in [3.05, 3.63) is 0 Å². The van der Waals surface area contributed by atoms with Gasteiger partial charge in [0.05, 0.1) is 0 Å². The molecule has 1 atom stereocenters. The summed E-state index contributed by atoms with van der Waals surface area (Å²) in [5.41, 5.74) is 0. The standard InChI is InChI=1S/CH2O3.2K.H3P.2H/c2-1(3)4;;;;;/h(H2,2,3,4);;;1H3;;. The van der Waals surface area contributed by atoms with Gasteiger partial charge in [-0.1, -0.05) is 0 Å². The van der Waals surface area contributed by atoms with E-state index in [1.807, 2.05) is 0 Å². The van der Waals surface area contributed by atoms with E-state index in [1.54, 1.807) is 0 Å². The zero-order valence-corrected chi connectivity index (χ0v) is 3.92. The first-order valence-electron chi connectivity index (χ1n) is 0.651. The summed E-state index contributed by atoms with van der Waals surface area (Å²) < 4.78 is 0. The molecule has 0 spiro atoms. The predicted molar refractivity (Wildman–Crippen MR) is 36.1 cm³/mol. The van der Waals surface area contributed by atoms with E-state index >= 15 is 0 Å². The minimum absolute atomic E-state index is 0. The average Bonchev–Trinajstić information content (AvgIpc) is 0.811. The van der Waals surface area contributed by atoms with Gasteiger partial charge in [0.15, 0.2) is 0 Å². The molecule has 0 aliphatic carbocycles. The second-order valence-electron chi connectivity index (χ2n) is 0.283. The quantitative estimate of drug-likeness (QED) is 0.367. The predicted octanol–water partition coefficient (Wildman–Crippen LogP) is -1.02. The maximum atomic E-state index is 8.56. The molecule has 0 fully saturated rings. The van der Waals surface area contributed by atoms with Crippen LogP contribution in [0, 0.1) is 0 Å². The van der Waals surface area contributed by atoms with E-state index in [-0.39, 0.29) is 113 Å². The molecule has 0 radical (unpaired) electrons. The van der Waals surface area contributed by atoms with Crippen LogP contribution in [0.25, 0.3) is 0 Å². The van der Waals surface area contributed by atoms with Crippen LogP contribution in [-0.2, 0) is 0 Å². The van der Waals surface area contributed by atoms with E-state index in [2.05, 4.69) is 0 Å². The third kappa shape index (κ3) is 49.4. The van der Waals surface area contributed by atoms with Crippen molar-refractivity contribution in [2.75, 3.05) is 0 Å². The summed E-state index contributed by atoms with van der Waals surface area (Å²) in [5, 5.41) is 13.9. The van der Waals surface area contributed by atoms with Gasteiger partial charge in [-0.3, -0.25) is 0 Å². The molecule has 2 N–H and O–H groups in total. The number of carbonyl (C=O) groups is 1.